The number of nitrogens with zero attached hydrogens (tertiary/aromatic N) is 2. The molecule has 0 aliphatic rings. The molecule has 1 atom stereocenters. The number of hydrogen-bond donors (Lipinski definition) is 1. The Morgan fingerprint density at radius 1 is 1.44 bits per heavy atom. The molecule has 3 nitrogen and oxygen atoms in total. The lowest BCUT2D eigenvalue weighted by molar-refractivity contribution is 0.418. The van der Waals surface area contributed by atoms with Crippen LogP contribution >= 0.6 is 11.3 Å². The predicted octanol–water partition coefficient (Wildman–Crippen LogP) is 3.01. The lowest BCUT2D eigenvalue weighted by Crippen LogP contribution is -2.27. The van der Waals surface area contributed by atoms with Crippen molar-refractivity contribution in [3.05, 3.63) is 40.6 Å². The standard InChI is InChI=1S/C14H21N3S/c1-11(2)14(12-5-4-10-18-12)16-7-6-13-15-8-9-17(13)3/h4-5,8-11,14,16H,6-7H2,1-3H3. The maximum atomic E-state index is 4.35. The van der Waals surface area contributed by atoms with Crippen LogP contribution in [0.5, 0.6) is 0 Å². The van der Waals surface area contributed by atoms with Gasteiger partial charge in [-0.05, 0) is 17.4 Å². The van der Waals surface area contributed by atoms with Crippen LogP contribution in [0.1, 0.15) is 30.6 Å². The molecule has 0 radical (unpaired) electrons. The van der Waals surface area contributed by atoms with Gasteiger partial charge in [0.1, 0.15) is 5.82 Å². The third kappa shape index (κ3) is 3.21. The lowest BCUT2D eigenvalue weighted by Gasteiger charge is -2.21. The van der Waals surface area contributed by atoms with Gasteiger partial charge < -0.3 is 9.88 Å². The smallest absolute Gasteiger partial charge is 0.109 e. The first-order valence-electron chi connectivity index (χ1n) is 6.41. The highest BCUT2D eigenvalue weighted by atomic mass is 32.1. The summed E-state index contributed by atoms with van der Waals surface area (Å²) in [5.74, 6) is 1.74. The summed E-state index contributed by atoms with van der Waals surface area (Å²) in [5, 5.41) is 5.79. The van der Waals surface area contributed by atoms with Crippen LogP contribution in [0.2, 0.25) is 0 Å². The Kier molecular flexibility index (Phi) is 4.55. The highest BCUT2D eigenvalue weighted by molar-refractivity contribution is 7.10. The molecule has 98 valence electrons. The van der Waals surface area contributed by atoms with E-state index in [0.29, 0.717) is 12.0 Å². The number of thiophene rings is 1. The van der Waals surface area contributed by atoms with Gasteiger partial charge in [0, 0.05) is 43.3 Å². The summed E-state index contributed by atoms with van der Waals surface area (Å²) >= 11 is 1.83. The predicted molar refractivity (Wildman–Crippen MR) is 76.8 cm³/mol. The van der Waals surface area contributed by atoms with Crippen LogP contribution < -0.4 is 5.32 Å². The Morgan fingerprint density at radius 3 is 2.83 bits per heavy atom. The molecule has 0 aliphatic heterocycles. The minimum absolute atomic E-state index is 0.449. The van der Waals surface area contributed by atoms with Crippen molar-refractivity contribution in [3.8, 4) is 0 Å². The fourth-order valence-corrected chi connectivity index (χ4v) is 3.08. The van der Waals surface area contributed by atoms with Gasteiger partial charge >= 0.3 is 0 Å². The van der Waals surface area contributed by atoms with Gasteiger partial charge in [-0.15, -0.1) is 11.3 Å². The zero-order valence-electron chi connectivity index (χ0n) is 11.3. The molecular formula is C14H21N3S. The summed E-state index contributed by atoms with van der Waals surface area (Å²) in [4.78, 5) is 5.77. The van der Waals surface area contributed by atoms with Crippen molar-refractivity contribution in [2.45, 2.75) is 26.3 Å². The monoisotopic (exact) mass is 263 g/mol. The average Bonchev–Trinajstić information content (AvgIpc) is 2.96. The van der Waals surface area contributed by atoms with Crippen LogP contribution in [-0.4, -0.2) is 16.1 Å². The maximum absolute atomic E-state index is 4.35. The fraction of sp³-hybridized carbons (Fsp3) is 0.500. The van der Waals surface area contributed by atoms with Gasteiger partial charge in [0.25, 0.3) is 0 Å². The topological polar surface area (TPSA) is 29.9 Å². The van der Waals surface area contributed by atoms with Crippen LogP contribution in [0.15, 0.2) is 29.9 Å². The van der Waals surface area contributed by atoms with Crippen molar-refractivity contribution in [1.82, 2.24) is 14.9 Å². The van der Waals surface area contributed by atoms with E-state index in [1.54, 1.807) is 0 Å². The van der Waals surface area contributed by atoms with Crippen molar-refractivity contribution in [3.63, 3.8) is 0 Å². The first-order valence-corrected chi connectivity index (χ1v) is 7.29. The highest BCUT2D eigenvalue weighted by Gasteiger charge is 2.15. The van der Waals surface area contributed by atoms with Gasteiger partial charge in [0.15, 0.2) is 0 Å². The van der Waals surface area contributed by atoms with Crippen LogP contribution in [0.3, 0.4) is 0 Å². The first kappa shape index (κ1) is 13.3. The molecule has 0 saturated carbocycles. The minimum Gasteiger partial charge on any atom is -0.338 e. The Balaban J connectivity index is 1.89. The quantitative estimate of drug-likeness (QED) is 0.868. The van der Waals surface area contributed by atoms with Crippen LogP contribution in [0.4, 0.5) is 0 Å². The number of aryl methyl sites for hydroxylation is 1. The number of imidazole rings is 1. The molecule has 0 aromatic carbocycles. The third-order valence-corrected chi connectivity index (χ3v) is 4.11. The molecule has 0 amide bonds. The number of hydrogen-bond acceptors (Lipinski definition) is 3. The van der Waals surface area contributed by atoms with E-state index in [4.69, 9.17) is 0 Å². The Labute approximate surface area is 113 Å². The Hall–Kier alpha value is -1.13. The van der Waals surface area contributed by atoms with Gasteiger partial charge in [0.2, 0.25) is 0 Å². The molecule has 0 spiro atoms. The van der Waals surface area contributed by atoms with Gasteiger partial charge in [-0.2, -0.15) is 0 Å². The normalized spacial score (nSPS) is 13.1. The van der Waals surface area contributed by atoms with Gasteiger partial charge in [-0.25, -0.2) is 4.98 Å². The molecule has 2 aromatic rings. The highest BCUT2D eigenvalue weighted by Crippen LogP contribution is 2.25. The molecule has 0 fully saturated rings. The van der Waals surface area contributed by atoms with Crippen molar-refractivity contribution in [1.29, 1.82) is 0 Å². The van der Waals surface area contributed by atoms with Crippen molar-refractivity contribution >= 4 is 11.3 Å². The minimum atomic E-state index is 0.449. The van der Waals surface area contributed by atoms with E-state index < -0.39 is 0 Å². The molecule has 0 saturated heterocycles. The molecule has 2 heterocycles. The van der Waals surface area contributed by atoms with E-state index in [2.05, 4.69) is 46.2 Å². The maximum Gasteiger partial charge on any atom is 0.109 e. The summed E-state index contributed by atoms with van der Waals surface area (Å²) in [5.41, 5.74) is 0. The van der Waals surface area contributed by atoms with Gasteiger partial charge in [0.05, 0.1) is 0 Å². The van der Waals surface area contributed by atoms with Crippen LogP contribution in [0.25, 0.3) is 0 Å². The Bertz CT molecular complexity index is 459. The summed E-state index contributed by atoms with van der Waals surface area (Å²) in [6.45, 7) is 5.49. The summed E-state index contributed by atoms with van der Waals surface area (Å²) in [6.07, 6.45) is 4.82. The van der Waals surface area contributed by atoms with Crippen LogP contribution in [-0.2, 0) is 13.5 Å². The number of nitrogens with one attached hydrogen (secondary N) is 1. The number of aromatic nitrogens is 2. The van der Waals surface area contributed by atoms with Crippen molar-refractivity contribution in [2.75, 3.05) is 6.54 Å². The first-order chi connectivity index (χ1) is 8.68. The zero-order chi connectivity index (χ0) is 13.0. The van der Waals surface area contributed by atoms with E-state index in [9.17, 15) is 0 Å². The van der Waals surface area contributed by atoms with Crippen LogP contribution in [0, 0.1) is 5.92 Å². The molecule has 4 heteroatoms. The second-order valence-electron chi connectivity index (χ2n) is 4.90. The third-order valence-electron chi connectivity index (χ3n) is 3.15. The second-order valence-corrected chi connectivity index (χ2v) is 5.87. The van der Waals surface area contributed by atoms with E-state index in [1.165, 1.54) is 4.88 Å². The summed E-state index contributed by atoms with van der Waals surface area (Å²) < 4.78 is 2.08. The van der Waals surface area contributed by atoms with E-state index in [0.717, 1.165) is 18.8 Å². The van der Waals surface area contributed by atoms with E-state index >= 15 is 0 Å². The van der Waals surface area contributed by atoms with E-state index in [-0.39, 0.29) is 0 Å². The molecule has 0 aliphatic carbocycles. The average molecular weight is 263 g/mol. The van der Waals surface area contributed by atoms with Gasteiger partial charge in [-0.3, -0.25) is 0 Å². The van der Waals surface area contributed by atoms with Crippen molar-refractivity contribution in [2.24, 2.45) is 13.0 Å². The molecular weight excluding hydrogens is 242 g/mol. The number of rotatable bonds is 6. The van der Waals surface area contributed by atoms with Gasteiger partial charge in [-0.1, -0.05) is 19.9 Å². The molecule has 18 heavy (non-hydrogen) atoms. The fourth-order valence-electron chi connectivity index (χ4n) is 2.11. The molecule has 0 bridgehead atoms. The lowest BCUT2D eigenvalue weighted by atomic mass is 10.0. The van der Waals surface area contributed by atoms with Crippen molar-refractivity contribution < 1.29 is 0 Å². The molecule has 1 N–H and O–H groups in total. The molecule has 1 unspecified atom stereocenters. The summed E-state index contributed by atoms with van der Waals surface area (Å²) in [7, 11) is 2.04. The zero-order valence-corrected chi connectivity index (χ0v) is 12.1. The second kappa shape index (κ2) is 6.16. The summed E-state index contributed by atoms with van der Waals surface area (Å²) in [6, 6.07) is 4.78. The van der Waals surface area contributed by atoms with E-state index in [1.807, 2.05) is 30.8 Å². The molecule has 2 aromatic heterocycles. The Morgan fingerprint density at radius 2 is 2.28 bits per heavy atom. The SMILES string of the molecule is CC(C)C(NCCc1nccn1C)c1cccs1. The largest absolute Gasteiger partial charge is 0.338 e. The molecule has 2 rings (SSSR count).